The summed E-state index contributed by atoms with van der Waals surface area (Å²) in [6, 6.07) is 0. The Balaban J connectivity index is 2.13. The average Bonchev–Trinajstić information content (AvgIpc) is 2.85. The normalized spacial score (nSPS) is 33.4. The molecular formula is C21H28O6. The molecule has 1 aromatic carbocycles. The van der Waals surface area contributed by atoms with E-state index in [2.05, 4.69) is 13.8 Å². The van der Waals surface area contributed by atoms with Crippen LogP contribution in [0.25, 0.3) is 0 Å². The topological polar surface area (TPSA) is 96.2 Å². The van der Waals surface area contributed by atoms with Crippen molar-refractivity contribution in [1.82, 2.24) is 0 Å². The quantitative estimate of drug-likeness (QED) is 0.542. The lowest BCUT2D eigenvalue weighted by Crippen LogP contribution is -2.54. The highest BCUT2D eigenvalue weighted by Crippen LogP contribution is 2.68. The maximum atomic E-state index is 13.1. The van der Waals surface area contributed by atoms with Gasteiger partial charge >= 0.3 is 5.97 Å². The summed E-state index contributed by atoms with van der Waals surface area (Å²) in [5.74, 6) is -1.09. The molecule has 0 aromatic heterocycles. The Hall–Kier alpha value is -1.95. The first-order valence-electron chi connectivity index (χ1n) is 9.64. The Morgan fingerprint density at radius 3 is 2.44 bits per heavy atom. The van der Waals surface area contributed by atoms with E-state index in [-0.39, 0.29) is 28.7 Å². The van der Waals surface area contributed by atoms with Gasteiger partial charge in [0.05, 0.1) is 7.11 Å². The summed E-state index contributed by atoms with van der Waals surface area (Å²) in [6.45, 7) is 7.91. The highest BCUT2D eigenvalue weighted by atomic mass is 16.6. The number of benzene rings is 1. The third-order valence-corrected chi connectivity index (χ3v) is 7.01. The number of carbonyl (C=O) groups is 1. The van der Waals surface area contributed by atoms with Crippen LogP contribution in [-0.2, 0) is 14.9 Å². The maximum absolute atomic E-state index is 13.1. The van der Waals surface area contributed by atoms with Crippen molar-refractivity contribution in [3.63, 3.8) is 0 Å². The summed E-state index contributed by atoms with van der Waals surface area (Å²) in [7, 11) is 1.48. The summed E-state index contributed by atoms with van der Waals surface area (Å²) >= 11 is 0. The number of ether oxygens (including phenoxy) is 2. The first-order valence-corrected chi connectivity index (χ1v) is 9.64. The zero-order valence-electron chi connectivity index (χ0n) is 16.5. The number of aromatic hydroxyl groups is 2. The predicted octanol–water partition coefficient (Wildman–Crippen LogP) is 3.27. The molecular weight excluding hydrogens is 348 g/mol. The van der Waals surface area contributed by atoms with Crippen LogP contribution < -0.4 is 4.74 Å². The van der Waals surface area contributed by atoms with Crippen LogP contribution >= 0.6 is 0 Å². The zero-order chi connectivity index (χ0) is 19.9. The molecule has 3 N–H and O–H groups in total. The van der Waals surface area contributed by atoms with Gasteiger partial charge in [-0.2, -0.15) is 0 Å². The molecule has 2 fully saturated rings. The molecule has 0 radical (unpaired) electrons. The van der Waals surface area contributed by atoms with E-state index in [1.807, 2.05) is 13.8 Å². The van der Waals surface area contributed by atoms with Gasteiger partial charge in [0.25, 0.3) is 0 Å². The Kier molecular flexibility index (Phi) is 3.77. The van der Waals surface area contributed by atoms with Crippen LogP contribution in [0.5, 0.6) is 17.2 Å². The van der Waals surface area contributed by atoms with Gasteiger partial charge in [-0.3, -0.25) is 4.79 Å². The fourth-order valence-corrected chi connectivity index (χ4v) is 6.07. The fourth-order valence-electron chi connectivity index (χ4n) is 6.07. The summed E-state index contributed by atoms with van der Waals surface area (Å²) in [6.07, 6.45) is 0.435. The molecule has 0 amide bonds. The molecule has 4 rings (SSSR count). The first kappa shape index (κ1) is 18.4. The van der Waals surface area contributed by atoms with Crippen molar-refractivity contribution in [2.24, 2.45) is 11.3 Å². The summed E-state index contributed by atoms with van der Waals surface area (Å²) < 4.78 is 11.3. The van der Waals surface area contributed by atoms with Crippen LogP contribution in [0.4, 0.5) is 0 Å². The molecule has 1 saturated heterocycles. The highest BCUT2D eigenvalue weighted by molar-refractivity contribution is 5.91. The molecule has 1 aliphatic heterocycles. The minimum atomic E-state index is -1.11. The highest BCUT2D eigenvalue weighted by Gasteiger charge is 2.70. The van der Waals surface area contributed by atoms with Gasteiger partial charge in [-0.05, 0) is 24.2 Å². The van der Waals surface area contributed by atoms with Crippen molar-refractivity contribution < 1.29 is 29.6 Å². The molecule has 1 saturated carbocycles. The summed E-state index contributed by atoms with van der Waals surface area (Å²) in [4.78, 5) is 13.1. The molecule has 6 heteroatoms. The third kappa shape index (κ3) is 2.02. The molecule has 2 aliphatic carbocycles. The average molecular weight is 376 g/mol. The maximum Gasteiger partial charge on any atom is 0.317 e. The molecule has 0 unspecified atom stereocenters. The minimum absolute atomic E-state index is 0.143. The van der Waals surface area contributed by atoms with Gasteiger partial charge in [0.2, 0.25) is 0 Å². The Morgan fingerprint density at radius 1 is 1.19 bits per heavy atom. The molecule has 148 valence electrons. The number of phenols is 2. The smallest absolute Gasteiger partial charge is 0.317 e. The third-order valence-electron chi connectivity index (χ3n) is 7.01. The van der Waals surface area contributed by atoms with E-state index >= 15 is 0 Å². The number of hydrogen-bond donors (Lipinski definition) is 3. The number of fused-ring (bicyclic) bond motifs is 1. The first-order chi connectivity index (χ1) is 12.6. The lowest BCUT2D eigenvalue weighted by Gasteiger charge is -2.51. The minimum Gasteiger partial charge on any atom is -0.504 e. The van der Waals surface area contributed by atoms with E-state index in [4.69, 9.17) is 9.47 Å². The molecule has 6 nitrogen and oxygen atoms in total. The molecule has 4 atom stereocenters. The number of rotatable bonds is 2. The second kappa shape index (κ2) is 5.53. The van der Waals surface area contributed by atoms with Crippen molar-refractivity contribution in [3.05, 3.63) is 16.7 Å². The lowest BCUT2D eigenvalue weighted by atomic mass is 9.49. The number of aliphatic hydroxyl groups is 1. The molecule has 1 aromatic rings. The molecule has 2 bridgehead atoms. The molecule has 0 spiro atoms. The van der Waals surface area contributed by atoms with Crippen LogP contribution in [0.2, 0.25) is 0 Å². The second-order valence-corrected chi connectivity index (χ2v) is 9.19. The lowest BCUT2D eigenvalue weighted by molar-refractivity contribution is -0.148. The van der Waals surface area contributed by atoms with Crippen LogP contribution in [0.15, 0.2) is 0 Å². The van der Waals surface area contributed by atoms with E-state index < -0.39 is 23.6 Å². The zero-order valence-corrected chi connectivity index (χ0v) is 16.5. The Morgan fingerprint density at radius 2 is 1.85 bits per heavy atom. The Labute approximate surface area is 159 Å². The van der Waals surface area contributed by atoms with Crippen LogP contribution in [0.3, 0.4) is 0 Å². The van der Waals surface area contributed by atoms with Crippen molar-refractivity contribution in [1.29, 1.82) is 0 Å². The van der Waals surface area contributed by atoms with Crippen LogP contribution in [0, 0.1) is 11.3 Å². The van der Waals surface area contributed by atoms with Gasteiger partial charge < -0.3 is 24.8 Å². The van der Waals surface area contributed by atoms with Crippen LogP contribution in [0.1, 0.15) is 75.7 Å². The number of esters is 1. The predicted molar refractivity (Wildman–Crippen MR) is 98.1 cm³/mol. The standard InChI is InChI=1S/C21H28O6/c1-9(2)10-13(22)15(24)12-11(16(10)26-5)14(23)17-18-20(3,4)7-6-8-21(12,18)19(25)27-17/h9,14,17-18,22-24H,6-8H2,1-5H3/t14-,17+,18-,21-/m0/s1. The van der Waals surface area contributed by atoms with E-state index in [1.54, 1.807) is 0 Å². The molecule has 27 heavy (non-hydrogen) atoms. The van der Waals surface area contributed by atoms with Gasteiger partial charge in [-0.15, -0.1) is 0 Å². The number of hydrogen-bond acceptors (Lipinski definition) is 6. The summed E-state index contributed by atoms with van der Waals surface area (Å²) in [5.41, 5.74) is -0.193. The summed E-state index contributed by atoms with van der Waals surface area (Å²) in [5, 5.41) is 33.0. The monoisotopic (exact) mass is 376 g/mol. The van der Waals surface area contributed by atoms with Crippen molar-refractivity contribution in [2.75, 3.05) is 7.11 Å². The molecule has 1 heterocycles. The largest absolute Gasteiger partial charge is 0.504 e. The van der Waals surface area contributed by atoms with E-state index in [0.717, 1.165) is 12.8 Å². The van der Waals surface area contributed by atoms with Crippen LogP contribution in [-0.4, -0.2) is 34.5 Å². The van der Waals surface area contributed by atoms with Crippen molar-refractivity contribution in [2.45, 2.75) is 70.5 Å². The van der Waals surface area contributed by atoms with E-state index in [9.17, 15) is 20.1 Å². The SMILES string of the molecule is COc1c(C(C)C)c(O)c(O)c2c1[C@H](O)[C@H]1OC(=O)[C@@]23CCCC(C)(C)[C@H]13. The second-order valence-electron chi connectivity index (χ2n) is 9.19. The number of aliphatic hydroxyl groups excluding tert-OH is 1. The van der Waals surface area contributed by atoms with Gasteiger partial charge in [0.15, 0.2) is 11.5 Å². The Bertz CT molecular complexity index is 827. The molecule has 3 aliphatic rings. The van der Waals surface area contributed by atoms with Gasteiger partial charge in [-0.25, -0.2) is 0 Å². The van der Waals surface area contributed by atoms with E-state index in [0.29, 0.717) is 28.9 Å². The van der Waals surface area contributed by atoms with Crippen molar-refractivity contribution in [3.8, 4) is 17.2 Å². The number of carbonyl (C=O) groups excluding carboxylic acids is 1. The van der Waals surface area contributed by atoms with Gasteiger partial charge in [-0.1, -0.05) is 34.1 Å². The van der Waals surface area contributed by atoms with Crippen molar-refractivity contribution >= 4 is 5.97 Å². The fraction of sp³-hybridized carbons (Fsp3) is 0.667. The number of phenolic OH excluding ortho intramolecular Hbond substituents is 2. The van der Waals surface area contributed by atoms with E-state index in [1.165, 1.54) is 7.11 Å². The number of methoxy groups -OCH3 is 1. The van der Waals surface area contributed by atoms with Gasteiger partial charge in [0.1, 0.15) is 23.4 Å². The van der Waals surface area contributed by atoms with Gasteiger partial charge in [0, 0.05) is 22.6 Å².